The Morgan fingerprint density at radius 2 is 2.00 bits per heavy atom. The molecule has 6 nitrogen and oxygen atoms in total. The van der Waals surface area contributed by atoms with Crippen LogP contribution in [0.1, 0.15) is 29.7 Å². The fraction of sp³-hybridized carbons (Fsp3) is 0.364. The van der Waals surface area contributed by atoms with Gasteiger partial charge in [-0.1, -0.05) is 11.6 Å². The monoisotopic (exact) mass is 467 g/mol. The third-order valence-corrected chi connectivity index (χ3v) is 5.49. The number of furan rings is 1. The standard InChI is InChI=1S/C22H21ClF3N3O3/c23-17-9-13(22(24,25)26)11-29-21(17)28-8-7-27-20(30)12-31-14-5-6-19-16(10-14)15-3-1-2-4-18(15)32-19/h5-6,9-11H,1-4,7-8,12H2,(H,27,30)(H,28,29). The molecule has 32 heavy (non-hydrogen) atoms. The molecule has 0 spiro atoms. The van der Waals surface area contributed by atoms with E-state index in [4.69, 9.17) is 20.8 Å². The van der Waals surface area contributed by atoms with E-state index in [1.807, 2.05) is 12.1 Å². The van der Waals surface area contributed by atoms with Crippen LogP contribution >= 0.6 is 11.6 Å². The number of pyridine rings is 1. The number of aryl methyl sites for hydroxylation is 2. The van der Waals surface area contributed by atoms with Gasteiger partial charge in [-0.3, -0.25) is 4.79 Å². The van der Waals surface area contributed by atoms with Crippen LogP contribution in [0.2, 0.25) is 5.02 Å². The first-order valence-electron chi connectivity index (χ1n) is 10.2. The van der Waals surface area contributed by atoms with Crippen LogP contribution in [0.15, 0.2) is 34.9 Å². The molecule has 0 unspecified atom stereocenters. The quantitative estimate of drug-likeness (QED) is 0.479. The molecule has 1 aliphatic rings. The lowest BCUT2D eigenvalue weighted by atomic mass is 9.96. The molecule has 10 heteroatoms. The number of rotatable bonds is 7. The van der Waals surface area contributed by atoms with E-state index < -0.39 is 11.7 Å². The van der Waals surface area contributed by atoms with Crippen LogP contribution in [0.3, 0.4) is 0 Å². The number of amides is 1. The number of aromatic nitrogens is 1. The Morgan fingerprint density at radius 3 is 2.78 bits per heavy atom. The topological polar surface area (TPSA) is 76.4 Å². The molecular formula is C22H21ClF3N3O3. The summed E-state index contributed by atoms with van der Waals surface area (Å²) in [6, 6.07) is 6.32. The molecule has 3 aromatic rings. The van der Waals surface area contributed by atoms with Crippen LogP contribution in [0, 0.1) is 0 Å². The van der Waals surface area contributed by atoms with Crippen molar-refractivity contribution < 1.29 is 27.1 Å². The van der Waals surface area contributed by atoms with Gasteiger partial charge >= 0.3 is 6.18 Å². The van der Waals surface area contributed by atoms with E-state index in [0.29, 0.717) is 11.9 Å². The molecule has 1 aliphatic carbocycles. The van der Waals surface area contributed by atoms with Crippen LogP contribution in [-0.2, 0) is 23.8 Å². The third-order valence-electron chi connectivity index (χ3n) is 5.20. The predicted molar refractivity (Wildman–Crippen MR) is 114 cm³/mol. The largest absolute Gasteiger partial charge is 0.484 e. The zero-order chi connectivity index (χ0) is 22.7. The van der Waals surface area contributed by atoms with E-state index in [9.17, 15) is 18.0 Å². The van der Waals surface area contributed by atoms with Crippen molar-refractivity contribution in [2.45, 2.75) is 31.9 Å². The van der Waals surface area contributed by atoms with Gasteiger partial charge in [0.05, 0.1) is 10.6 Å². The second-order valence-electron chi connectivity index (χ2n) is 7.49. The molecule has 1 aromatic carbocycles. The fourth-order valence-electron chi connectivity index (χ4n) is 3.64. The maximum Gasteiger partial charge on any atom is 0.417 e. The van der Waals surface area contributed by atoms with Crippen molar-refractivity contribution in [1.29, 1.82) is 0 Å². The minimum Gasteiger partial charge on any atom is -0.484 e. The van der Waals surface area contributed by atoms with Crippen LogP contribution in [0.5, 0.6) is 5.75 Å². The summed E-state index contributed by atoms with van der Waals surface area (Å²) in [6.45, 7) is 0.289. The first-order chi connectivity index (χ1) is 15.3. The summed E-state index contributed by atoms with van der Waals surface area (Å²) in [5.41, 5.74) is 1.13. The van der Waals surface area contributed by atoms with Gasteiger partial charge in [0.15, 0.2) is 6.61 Å². The zero-order valence-corrected chi connectivity index (χ0v) is 17.8. The van der Waals surface area contributed by atoms with Crippen molar-refractivity contribution in [2.24, 2.45) is 0 Å². The van der Waals surface area contributed by atoms with E-state index in [1.54, 1.807) is 6.07 Å². The number of fused-ring (bicyclic) bond motifs is 3. The lowest BCUT2D eigenvalue weighted by Crippen LogP contribution is -2.32. The highest BCUT2D eigenvalue weighted by Crippen LogP contribution is 2.34. The molecule has 0 fully saturated rings. The summed E-state index contributed by atoms with van der Waals surface area (Å²) < 4.78 is 49.4. The van der Waals surface area contributed by atoms with Gasteiger partial charge in [-0.15, -0.1) is 0 Å². The van der Waals surface area contributed by atoms with Gasteiger partial charge in [0.2, 0.25) is 0 Å². The molecule has 4 rings (SSSR count). The average Bonchev–Trinajstić information content (AvgIpc) is 3.13. The molecule has 0 atom stereocenters. The molecule has 0 saturated carbocycles. The number of benzene rings is 1. The number of hydrogen-bond donors (Lipinski definition) is 2. The molecule has 170 valence electrons. The maximum absolute atomic E-state index is 12.6. The number of carbonyl (C=O) groups is 1. The minimum absolute atomic E-state index is 0.113. The Labute approximate surface area is 187 Å². The average molecular weight is 468 g/mol. The van der Waals surface area contributed by atoms with Crippen LogP contribution in [-0.4, -0.2) is 30.6 Å². The SMILES string of the molecule is O=C(COc1ccc2oc3c(c2c1)CCCC3)NCCNc1ncc(C(F)(F)F)cc1Cl. The second-order valence-corrected chi connectivity index (χ2v) is 7.89. The highest BCUT2D eigenvalue weighted by molar-refractivity contribution is 6.32. The Kier molecular flexibility index (Phi) is 6.45. The lowest BCUT2D eigenvalue weighted by Gasteiger charge is -2.11. The Bertz CT molecular complexity index is 1130. The normalized spacial score (nSPS) is 13.6. The number of halogens is 4. The minimum atomic E-state index is -4.51. The van der Waals surface area contributed by atoms with E-state index in [0.717, 1.165) is 48.5 Å². The molecule has 2 N–H and O–H groups in total. The van der Waals surface area contributed by atoms with Gasteiger partial charge in [-0.05, 0) is 43.5 Å². The summed E-state index contributed by atoms with van der Waals surface area (Å²) in [5, 5.41) is 6.34. The van der Waals surface area contributed by atoms with Crippen molar-refractivity contribution in [3.63, 3.8) is 0 Å². The number of anilines is 1. The van der Waals surface area contributed by atoms with Crippen molar-refractivity contribution >= 4 is 34.3 Å². The molecule has 0 saturated heterocycles. The number of nitrogens with zero attached hydrogens (tertiary/aromatic N) is 1. The number of nitrogens with one attached hydrogen (secondary N) is 2. The van der Waals surface area contributed by atoms with E-state index in [2.05, 4.69) is 15.6 Å². The van der Waals surface area contributed by atoms with Gasteiger partial charge in [-0.25, -0.2) is 4.98 Å². The Balaban J connectivity index is 1.24. The van der Waals surface area contributed by atoms with Crippen LogP contribution < -0.4 is 15.4 Å². The number of hydrogen-bond acceptors (Lipinski definition) is 5. The molecule has 0 aliphatic heterocycles. The van der Waals surface area contributed by atoms with Crippen molar-refractivity contribution in [1.82, 2.24) is 10.3 Å². The highest BCUT2D eigenvalue weighted by Gasteiger charge is 2.31. The van der Waals surface area contributed by atoms with Crippen LogP contribution in [0.25, 0.3) is 11.0 Å². The van der Waals surface area contributed by atoms with Crippen LogP contribution in [0.4, 0.5) is 19.0 Å². The molecule has 0 bridgehead atoms. The van der Waals surface area contributed by atoms with E-state index in [1.165, 1.54) is 5.56 Å². The first kappa shape index (κ1) is 22.3. The lowest BCUT2D eigenvalue weighted by molar-refractivity contribution is -0.137. The van der Waals surface area contributed by atoms with Gasteiger partial charge in [0.1, 0.15) is 22.9 Å². The zero-order valence-electron chi connectivity index (χ0n) is 17.0. The summed E-state index contributed by atoms with van der Waals surface area (Å²) >= 11 is 5.83. The maximum atomic E-state index is 12.6. The molecule has 0 radical (unpaired) electrons. The number of carbonyl (C=O) groups excluding carboxylic acids is 1. The molecular weight excluding hydrogens is 447 g/mol. The summed E-state index contributed by atoms with van der Waals surface area (Å²) in [7, 11) is 0. The fourth-order valence-corrected chi connectivity index (χ4v) is 3.87. The van der Waals surface area contributed by atoms with Crippen molar-refractivity contribution in [3.05, 3.63) is 52.4 Å². The smallest absolute Gasteiger partial charge is 0.417 e. The van der Waals surface area contributed by atoms with Crippen molar-refractivity contribution in [3.8, 4) is 5.75 Å². The van der Waals surface area contributed by atoms with Crippen molar-refractivity contribution in [2.75, 3.05) is 25.0 Å². The summed E-state index contributed by atoms with van der Waals surface area (Å²) in [4.78, 5) is 15.7. The number of ether oxygens (including phenoxy) is 1. The van der Waals surface area contributed by atoms with E-state index in [-0.39, 0.29) is 36.4 Å². The van der Waals surface area contributed by atoms with Gasteiger partial charge in [-0.2, -0.15) is 13.2 Å². The number of alkyl halides is 3. The molecule has 1 amide bonds. The third kappa shape index (κ3) is 5.09. The molecule has 2 aromatic heterocycles. The highest BCUT2D eigenvalue weighted by atomic mass is 35.5. The van der Waals surface area contributed by atoms with E-state index >= 15 is 0 Å². The summed E-state index contributed by atoms with van der Waals surface area (Å²) in [6.07, 6.45) is 0.392. The van der Waals surface area contributed by atoms with Gasteiger partial charge in [0, 0.05) is 36.7 Å². The second kappa shape index (κ2) is 9.28. The Morgan fingerprint density at radius 1 is 1.19 bits per heavy atom. The van der Waals surface area contributed by atoms with Gasteiger partial charge < -0.3 is 19.8 Å². The first-order valence-corrected chi connectivity index (χ1v) is 10.6. The van der Waals surface area contributed by atoms with Gasteiger partial charge in [0.25, 0.3) is 5.91 Å². The predicted octanol–water partition coefficient (Wildman–Crippen LogP) is 4.99. The molecule has 2 heterocycles. The summed E-state index contributed by atoms with van der Waals surface area (Å²) in [5.74, 6) is 1.41. The Hall–Kier alpha value is -2.94.